The number of nitrogen functional groups attached to an aromatic ring is 1. The van der Waals surface area contributed by atoms with Crippen molar-refractivity contribution < 1.29 is 4.74 Å². The summed E-state index contributed by atoms with van der Waals surface area (Å²) >= 11 is 0. The number of nitrogens with two attached hydrogens (primary N) is 1. The minimum Gasteiger partial charge on any atom is -0.478 e. The van der Waals surface area contributed by atoms with Gasteiger partial charge in [-0.15, -0.1) is 0 Å². The summed E-state index contributed by atoms with van der Waals surface area (Å²) in [6, 6.07) is 1.70. The lowest BCUT2D eigenvalue weighted by molar-refractivity contribution is 0.298. The number of fused-ring (bicyclic) bond motifs is 1. The number of allylic oxidation sites excluding steroid dienone is 2. The van der Waals surface area contributed by atoms with Crippen molar-refractivity contribution in [2.45, 2.75) is 45.6 Å². The van der Waals surface area contributed by atoms with Crippen LogP contribution in [0.25, 0.3) is 11.0 Å². The monoisotopic (exact) mass is 425 g/mol. The first kappa shape index (κ1) is 21.4. The summed E-state index contributed by atoms with van der Waals surface area (Å²) in [7, 11) is 0. The van der Waals surface area contributed by atoms with Crippen molar-refractivity contribution in [3.8, 4) is 5.88 Å². The van der Waals surface area contributed by atoms with E-state index in [0.717, 1.165) is 38.9 Å². The number of pyridine rings is 1. The Morgan fingerprint density at radius 2 is 2.10 bits per heavy atom. The first-order valence-corrected chi connectivity index (χ1v) is 11.2. The average molecular weight is 426 g/mol. The van der Waals surface area contributed by atoms with E-state index in [0.29, 0.717) is 30.1 Å². The van der Waals surface area contributed by atoms with Crippen LogP contribution in [0.2, 0.25) is 0 Å². The summed E-state index contributed by atoms with van der Waals surface area (Å²) < 4.78 is 7.24. The van der Waals surface area contributed by atoms with E-state index in [4.69, 9.17) is 10.5 Å². The lowest BCUT2D eigenvalue weighted by Crippen LogP contribution is -2.38. The van der Waals surface area contributed by atoms with Gasteiger partial charge in [-0.2, -0.15) is 4.98 Å². The van der Waals surface area contributed by atoms with Crippen LogP contribution in [0.4, 0.5) is 5.82 Å². The first-order valence-electron chi connectivity index (χ1n) is 11.2. The molecule has 31 heavy (non-hydrogen) atoms. The number of hydrogen-bond donors (Lipinski definition) is 2. The van der Waals surface area contributed by atoms with Crippen molar-refractivity contribution >= 4 is 16.9 Å². The standard InChI is InChI=1S/C23H31N5O3/c1-2-3-11-31-19-13-18-20(21(24)25-19)26-22(29)23(30)28(18)15-17-8-6-7-16(12-17)14-27-9-4-5-10-27/h6-7,12-13,17H,2-5,8-11,14-15H2,1H3,(H2,24,25)(H,26,29). The highest BCUT2D eigenvalue weighted by atomic mass is 16.5. The zero-order chi connectivity index (χ0) is 21.8. The van der Waals surface area contributed by atoms with Gasteiger partial charge in [0.1, 0.15) is 5.52 Å². The SMILES string of the molecule is CCCCOc1cc2c([nH]c(=O)c(=O)n2CC2C=C(CN3CCCC3)C=CC2)c(N)n1. The predicted molar refractivity (Wildman–Crippen MR) is 122 cm³/mol. The van der Waals surface area contributed by atoms with Gasteiger partial charge >= 0.3 is 11.1 Å². The summed E-state index contributed by atoms with van der Waals surface area (Å²) in [5, 5.41) is 0. The Morgan fingerprint density at radius 3 is 2.87 bits per heavy atom. The van der Waals surface area contributed by atoms with Crippen molar-refractivity contribution in [2.24, 2.45) is 5.92 Å². The van der Waals surface area contributed by atoms with E-state index in [9.17, 15) is 9.59 Å². The van der Waals surface area contributed by atoms with Gasteiger partial charge in [0.2, 0.25) is 5.88 Å². The van der Waals surface area contributed by atoms with Gasteiger partial charge in [-0.1, -0.05) is 31.6 Å². The van der Waals surface area contributed by atoms with Crippen molar-refractivity contribution in [1.29, 1.82) is 0 Å². The maximum absolute atomic E-state index is 12.8. The number of anilines is 1. The molecule has 4 rings (SSSR count). The lowest BCUT2D eigenvalue weighted by Gasteiger charge is -2.22. The Morgan fingerprint density at radius 1 is 1.29 bits per heavy atom. The number of nitrogens with one attached hydrogen (secondary N) is 1. The van der Waals surface area contributed by atoms with Gasteiger partial charge in [0, 0.05) is 19.2 Å². The Bertz CT molecular complexity index is 1110. The molecule has 166 valence electrons. The molecular weight excluding hydrogens is 394 g/mol. The van der Waals surface area contributed by atoms with Gasteiger partial charge in [0.05, 0.1) is 12.1 Å². The van der Waals surface area contributed by atoms with Crippen LogP contribution in [0.15, 0.2) is 39.5 Å². The Kier molecular flexibility index (Phi) is 6.56. The third kappa shape index (κ3) is 4.90. The van der Waals surface area contributed by atoms with Gasteiger partial charge in [0.15, 0.2) is 5.82 Å². The molecule has 2 aromatic heterocycles. The fraction of sp³-hybridized carbons (Fsp3) is 0.522. The molecule has 0 saturated carbocycles. The molecule has 2 aliphatic rings. The highest BCUT2D eigenvalue weighted by Gasteiger charge is 2.19. The van der Waals surface area contributed by atoms with E-state index < -0.39 is 11.1 Å². The van der Waals surface area contributed by atoms with Crippen LogP contribution >= 0.6 is 0 Å². The van der Waals surface area contributed by atoms with Crippen LogP contribution in [0, 0.1) is 5.92 Å². The number of aromatic nitrogens is 3. The average Bonchev–Trinajstić information content (AvgIpc) is 3.26. The van der Waals surface area contributed by atoms with Crippen LogP contribution in [0.3, 0.4) is 0 Å². The number of unbranched alkanes of at least 4 members (excludes halogenated alkanes) is 1. The van der Waals surface area contributed by atoms with Gasteiger partial charge in [-0.3, -0.25) is 14.5 Å². The number of rotatable bonds is 8. The second kappa shape index (κ2) is 9.51. The Balaban J connectivity index is 1.64. The van der Waals surface area contributed by atoms with E-state index in [1.54, 1.807) is 6.07 Å². The Labute approximate surface area is 181 Å². The van der Waals surface area contributed by atoms with E-state index in [1.165, 1.54) is 23.0 Å². The third-order valence-corrected chi connectivity index (χ3v) is 5.96. The van der Waals surface area contributed by atoms with Crippen LogP contribution in [0.5, 0.6) is 5.88 Å². The van der Waals surface area contributed by atoms with Crippen LogP contribution in [-0.4, -0.2) is 45.7 Å². The van der Waals surface area contributed by atoms with Crippen molar-refractivity contribution in [3.05, 3.63) is 50.6 Å². The molecule has 0 amide bonds. The van der Waals surface area contributed by atoms with Gasteiger partial charge < -0.3 is 20.0 Å². The summed E-state index contributed by atoms with van der Waals surface area (Å²) in [6.07, 6.45) is 11.8. The zero-order valence-electron chi connectivity index (χ0n) is 18.1. The van der Waals surface area contributed by atoms with E-state index in [1.807, 2.05) is 0 Å². The highest BCUT2D eigenvalue weighted by Crippen LogP contribution is 2.24. The minimum atomic E-state index is -0.687. The van der Waals surface area contributed by atoms with Crippen LogP contribution in [-0.2, 0) is 6.54 Å². The molecule has 0 spiro atoms. The van der Waals surface area contributed by atoms with E-state index in [2.05, 4.69) is 40.0 Å². The molecule has 8 heteroatoms. The molecule has 1 aliphatic carbocycles. The molecule has 1 fully saturated rings. The number of nitrogens with zero attached hydrogens (tertiary/aromatic N) is 3. The van der Waals surface area contributed by atoms with Gasteiger partial charge in [0.25, 0.3) is 0 Å². The molecule has 8 nitrogen and oxygen atoms in total. The second-order valence-electron chi connectivity index (χ2n) is 8.43. The summed E-state index contributed by atoms with van der Waals surface area (Å²) in [6.45, 7) is 6.23. The molecule has 1 unspecified atom stereocenters. The normalized spacial score (nSPS) is 19.1. The minimum absolute atomic E-state index is 0.129. The zero-order valence-corrected chi connectivity index (χ0v) is 18.1. The Hall–Kier alpha value is -2.87. The highest BCUT2D eigenvalue weighted by molar-refractivity contribution is 5.85. The predicted octanol–water partition coefficient (Wildman–Crippen LogP) is 2.44. The number of likely N-dealkylation sites (tertiary alicyclic amines) is 1. The molecular formula is C23H31N5O3. The second-order valence-corrected chi connectivity index (χ2v) is 8.43. The van der Waals surface area contributed by atoms with Crippen LogP contribution in [0.1, 0.15) is 39.0 Å². The molecule has 3 heterocycles. The number of aromatic amines is 1. The number of hydrogen-bond acceptors (Lipinski definition) is 6. The molecule has 0 radical (unpaired) electrons. The van der Waals surface area contributed by atoms with Crippen molar-refractivity contribution in [1.82, 2.24) is 19.4 Å². The van der Waals surface area contributed by atoms with Gasteiger partial charge in [-0.05, 0) is 50.3 Å². The molecule has 1 aliphatic heterocycles. The molecule has 3 N–H and O–H groups in total. The summed E-state index contributed by atoms with van der Waals surface area (Å²) in [5.74, 6) is 0.653. The maximum Gasteiger partial charge on any atom is 0.316 e. The quantitative estimate of drug-likeness (QED) is 0.497. The lowest BCUT2D eigenvalue weighted by atomic mass is 9.95. The molecule has 0 aromatic carbocycles. The van der Waals surface area contributed by atoms with Crippen molar-refractivity contribution in [3.63, 3.8) is 0 Å². The van der Waals surface area contributed by atoms with Crippen LogP contribution < -0.4 is 21.6 Å². The van der Waals surface area contributed by atoms with Gasteiger partial charge in [-0.25, -0.2) is 0 Å². The largest absolute Gasteiger partial charge is 0.478 e. The van der Waals surface area contributed by atoms with Crippen molar-refractivity contribution in [2.75, 3.05) is 32.0 Å². The van der Waals surface area contributed by atoms with E-state index in [-0.39, 0.29) is 11.7 Å². The third-order valence-electron chi connectivity index (χ3n) is 5.96. The molecule has 1 atom stereocenters. The molecule has 0 bridgehead atoms. The number of ether oxygens (including phenoxy) is 1. The van der Waals surface area contributed by atoms with E-state index >= 15 is 0 Å². The summed E-state index contributed by atoms with van der Waals surface area (Å²) in [4.78, 5) is 34.4. The maximum atomic E-state index is 12.8. The molecule has 1 saturated heterocycles. The fourth-order valence-corrected chi connectivity index (χ4v) is 4.33. The summed E-state index contributed by atoms with van der Waals surface area (Å²) in [5.41, 5.74) is 7.01. The fourth-order valence-electron chi connectivity index (χ4n) is 4.33. The topological polar surface area (TPSA) is 106 Å². The number of H-pyrrole nitrogens is 1. The smallest absolute Gasteiger partial charge is 0.316 e. The first-order chi connectivity index (χ1) is 15.0. The molecule has 2 aromatic rings.